The number of halogens is 1. The number of hydrogen-bond acceptors (Lipinski definition) is 2. The Kier molecular flexibility index (Phi) is 3.26. The Morgan fingerprint density at radius 2 is 2.38 bits per heavy atom. The zero-order chi connectivity index (χ0) is 9.26. The van der Waals surface area contributed by atoms with Crippen molar-refractivity contribution in [2.24, 2.45) is 11.7 Å². The van der Waals surface area contributed by atoms with E-state index in [1.807, 2.05) is 0 Å². The second-order valence-electron chi connectivity index (χ2n) is 3.77. The first-order chi connectivity index (χ1) is 6.27. The highest BCUT2D eigenvalue weighted by Gasteiger charge is 2.22. The summed E-state index contributed by atoms with van der Waals surface area (Å²) >= 11 is 4.18. The SMILES string of the molecule is NC(CC1CCC1)c1sccc1I. The average molecular weight is 307 g/mol. The number of hydrogen-bond donors (Lipinski definition) is 1. The van der Waals surface area contributed by atoms with Crippen molar-refractivity contribution in [2.45, 2.75) is 31.7 Å². The van der Waals surface area contributed by atoms with Gasteiger partial charge in [0.1, 0.15) is 0 Å². The maximum absolute atomic E-state index is 6.16. The van der Waals surface area contributed by atoms with Crippen molar-refractivity contribution >= 4 is 33.9 Å². The summed E-state index contributed by atoms with van der Waals surface area (Å²) in [5, 5.41) is 2.14. The fourth-order valence-corrected chi connectivity index (χ4v) is 3.77. The Morgan fingerprint density at radius 1 is 1.62 bits per heavy atom. The van der Waals surface area contributed by atoms with E-state index in [1.54, 1.807) is 11.3 Å². The third-order valence-electron chi connectivity index (χ3n) is 2.79. The molecule has 2 rings (SSSR count). The number of rotatable bonds is 3. The van der Waals surface area contributed by atoms with E-state index in [1.165, 1.54) is 34.1 Å². The molecule has 72 valence electrons. The van der Waals surface area contributed by atoms with Crippen LogP contribution in [0.25, 0.3) is 0 Å². The number of thiophene rings is 1. The van der Waals surface area contributed by atoms with Gasteiger partial charge in [-0.3, -0.25) is 0 Å². The maximum Gasteiger partial charge on any atom is 0.0403 e. The average Bonchev–Trinajstić information content (AvgIpc) is 2.43. The highest BCUT2D eigenvalue weighted by molar-refractivity contribution is 14.1. The van der Waals surface area contributed by atoms with E-state index < -0.39 is 0 Å². The summed E-state index contributed by atoms with van der Waals surface area (Å²) in [5.74, 6) is 0.910. The van der Waals surface area contributed by atoms with Crippen molar-refractivity contribution in [3.63, 3.8) is 0 Å². The minimum absolute atomic E-state index is 0.289. The van der Waals surface area contributed by atoms with Gasteiger partial charge in [-0.15, -0.1) is 11.3 Å². The molecule has 2 N–H and O–H groups in total. The second-order valence-corrected chi connectivity index (χ2v) is 5.88. The Bertz CT molecular complexity index is 280. The topological polar surface area (TPSA) is 26.0 Å². The van der Waals surface area contributed by atoms with Gasteiger partial charge in [-0.25, -0.2) is 0 Å². The first-order valence-electron chi connectivity index (χ1n) is 4.76. The van der Waals surface area contributed by atoms with E-state index in [0.717, 1.165) is 5.92 Å². The van der Waals surface area contributed by atoms with Crippen LogP contribution in [-0.2, 0) is 0 Å². The maximum atomic E-state index is 6.16. The molecule has 3 heteroatoms. The summed E-state index contributed by atoms with van der Waals surface area (Å²) in [6.07, 6.45) is 5.40. The molecule has 1 nitrogen and oxygen atoms in total. The smallest absolute Gasteiger partial charge is 0.0403 e. The predicted molar refractivity (Wildman–Crippen MR) is 65.9 cm³/mol. The summed E-state index contributed by atoms with van der Waals surface area (Å²) in [7, 11) is 0. The molecule has 0 bridgehead atoms. The molecular formula is C10H14INS. The molecule has 1 atom stereocenters. The van der Waals surface area contributed by atoms with E-state index in [9.17, 15) is 0 Å². The van der Waals surface area contributed by atoms with Crippen LogP contribution in [0.1, 0.15) is 36.6 Å². The van der Waals surface area contributed by atoms with Crippen LogP contribution in [0.2, 0.25) is 0 Å². The van der Waals surface area contributed by atoms with Gasteiger partial charge in [0.15, 0.2) is 0 Å². The lowest BCUT2D eigenvalue weighted by molar-refractivity contribution is 0.278. The minimum atomic E-state index is 0.289. The van der Waals surface area contributed by atoms with Crippen LogP contribution in [0.4, 0.5) is 0 Å². The Hall–Kier alpha value is 0.390. The lowest BCUT2D eigenvalue weighted by Crippen LogP contribution is -2.19. The molecular weight excluding hydrogens is 293 g/mol. The summed E-state index contributed by atoms with van der Waals surface area (Å²) in [5.41, 5.74) is 6.16. The first-order valence-corrected chi connectivity index (χ1v) is 6.71. The normalized spacial score (nSPS) is 19.8. The summed E-state index contributed by atoms with van der Waals surface area (Å²) in [6, 6.07) is 2.44. The molecule has 13 heavy (non-hydrogen) atoms. The van der Waals surface area contributed by atoms with Crippen molar-refractivity contribution < 1.29 is 0 Å². The quantitative estimate of drug-likeness (QED) is 0.849. The third-order valence-corrected chi connectivity index (χ3v) is 5.15. The predicted octanol–water partition coefficient (Wildman–Crippen LogP) is 3.54. The standard InChI is InChI=1S/C10H14INS/c11-8-4-5-13-10(8)9(12)6-7-2-1-3-7/h4-5,7,9H,1-3,6,12H2. The van der Waals surface area contributed by atoms with Gasteiger partial charge in [-0.2, -0.15) is 0 Å². The fourth-order valence-electron chi connectivity index (χ4n) is 1.76. The molecule has 0 saturated heterocycles. The van der Waals surface area contributed by atoms with Crippen molar-refractivity contribution in [3.05, 3.63) is 19.9 Å². The van der Waals surface area contributed by atoms with Gasteiger partial charge in [-0.05, 0) is 46.4 Å². The molecule has 1 aliphatic rings. The van der Waals surface area contributed by atoms with Crippen LogP contribution in [0, 0.1) is 9.49 Å². The summed E-state index contributed by atoms with van der Waals surface area (Å²) in [4.78, 5) is 1.38. The molecule has 1 heterocycles. The van der Waals surface area contributed by atoms with E-state index >= 15 is 0 Å². The monoisotopic (exact) mass is 307 g/mol. The van der Waals surface area contributed by atoms with Gasteiger partial charge in [0, 0.05) is 14.5 Å². The molecule has 1 aromatic heterocycles. The first kappa shape index (κ1) is 9.93. The Labute approximate surface area is 96.9 Å². The van der Waals surface area contributed by atoms with Gasteiger partial charge in [0.2, 0.25) is 0 Å². The van der Waals surface area contributed by atoms with E-state index in [-0.39, 0.29) is 6.04 Å². The Morgan fingerprint density at radius 3 is 2.85 bits per heavy atom. The molecule has 1 aliphatic carbocycles. The second kappa shape index (κ2) is 4.28. The lowest BCUT2D eigenvalue weighted by atomic mass is 9.81. The molecule has 1 aromatic rings. The van der Waals surface area contributed by atoms with Crippen LogP contribution < -0.4 is 5.73 Å². The molecule has 0 radical (unpaired) electrons. The number of nitrogens with two attached hydrogens (primary N) is 1. The molecule has 0 spiro atoms. The highest BCUT2D eigenvalue weighted by Crippen LogP contribution is 2.36. The summed E-state index contributed by atoms with van der Waals surface area (Å²) < 4.78 is 1.34. The van der Waals surface area contributed by atoms with Gasteiger partial charge in [-0.1, -0.05) is 19.3 Å². The van der Waals surface area contributed by atoms with E-state index in [2.05, 4.69) is 34.0 Å². The zero-order valence-corrected chi connectivity index (χ0v) is 10.5. The van der Waals surface area contributed by atoms with Gasteiger partial charge < -0.3 is 5.73 Å². The zero-order valence-electron chi connectivity index (χ0n) is 7.50. The summed E-state index contributed by atoms with van der Waals surface area (Å²) in [6.45, 7) is 0. The fraction of sp³-hybridized carbons (Fsp3) is 0.600. The van der Waals surface area contributed by atoms with Crippen LogP contribution >= 0.6 is 33.9 Å². The van der Waals surface area contributed by atoms with Crippen molar-refractivity contribution in [3.8, 4) is 0 Å². The Balaban J connectivity index is 1.96. The van der Waals surface area contributed by atoms with Crippen molar-refractivity contribution in [1.82, 2.24) is 0 Å². The molecule has 1 saturated carbocycles. The van der Waals surface area contributed by atoms with E-state index in [4.69, 9.17) is 5.73 Å². The van der Waals surface area contributed by atoms with Crippen LogP contribution in [0.15, 0.2) is 11.4 Å². The largest absolute Gasteiger partial charge is 0.323 e. The third kappa shape index (κ3) is 2.25. The van der Waals surface area contributed by atoms with Gasteiger partial charge in [0.25, 0.3) is 0 Å². The molecule has 0 aromatic carbocycles. The molecule has 0 aliphatic heterocycles. The van der Waals surface area contributed by atoms with E-state index in [0.29, 0.717) is 0 Å². The molecule has 1 fully saturated rings. The van der Waals surface area contributed by atoms with Crippen LogP contribution in [0.5, 0.6) is 0 Å². The van der Waals surface area contributed by atoms with Crippen LogP contribution in [-0.4, -0.2) is 0 Å². The highest BCUT2D eigenvalue weighted by atomic mass is 127. The lowest BCUT2D eigenvalue weighted by Gasteiger charge is -2.27. The minimum Gasteiger partial charge on any atom is -0.323 e. The van der Waals surface area contributed by atoms with Gasteiger partial charge >= 0.3 is 0 Å². The van der Waals surface area contributed by atoms with Crippen molar-refractivity contribution in [2.75, 3.05) is 0 Å². The molecule has 1 unspecified atom stereocenters. The van der Waals surface area contributed by atoms with Crippen molar-refractivity contribution in [1.29, 1.82) is 0 Å². The van der Waals surface area contributed by atoms with Crippen LogP contribution in [0.3, 0.4) is 0 Å². The van der Waals surface area contributed by atoms with Gasteiger partial charge in [0.05, 0.1) is 0 Å². The molecule has 0 amide bonds.